The molecule has 0 aliphatic heterocycles. The Kier molecular flexibility index (Phi) is 3.24. The van der Waals surface area contributed by atoms with Crippen molar-refractivity contribution < 1.29 is 19.4 Å². The van der Waals surface area contributed by atoms with E-state index in [9.17, 15) is 9.59 Å². The van der Waals surface area contributed by atoms with Crippen LogP contribution < -0.4 is 10.5 Å². The number of anilines is 1. The molecular formula is C13H12N2O4. The van der Waals surface area contributed by atoms with E-state index < -0.39 is 5.97 Å². The fraction of sp³-hybridized carbons (Fsp3) is 0.0769. The highest BCUT2D eigenvalue weighted by molar-refractivity contribution is 6.11. The maximum Gasteiger partial charge on any atom is 0.352 e. The number of ketones is 1. The van der Waals surface area contributed by atoms with Crippen LogP contribution in [0, 0.1) is 0 Å². The SMILES string of the molecule is COc1ccc(N)cc1C(=O)c1c[nH]c(C(=O)O)c1. The first kappa shape index (κ1) is 12.7. The number of rotatable bonds is 4. The molecule has 19 heavy (non-hydrogen) atoms. The largest absolute Gasteiger partial charge is 0.496 e. The molecule has 0 amide bonds. The molecular weight excluding hydrogens is 248 g/mol. The van der Waals surface area contributed by atoms with E-state index in [0.717, 1.165) is 0 Å². The number of carbonyl (C=O) groups is 2. The Morgan fingerprint density at radius 1 is 1.32 bits per heavy atom. The molecule has 0 fully saturated rings. The lowest BCUT2D eigenvalue weighted by Crippen LogP contribution is -2.04. The number of ether oxygens (including phenoxy) is 1. The zero-order valence-corrected chi connectivity index (χ0v) is 10.1. The number of nitrogens with one attached hydrogen (secondary N) is 1. The number of carboxylic acids is 1. The molecule has 1 aromatic heterocycles. The summed E-state index contributed by atoms with van der Waals surface area (Å²) in [5.41, 5.74) is 6.55. The Bertz CT molecular complexity index is 646. The van der Waals surface area contributed by atoms with E-state index in [4.69, 9.17) is 15.6 Å². The second-order valence-corrected chi connectivity index (χ2v) is 3.90. The first-order chi connectivity index (χ1) is 9.02. The summed E-state index contributed by atoms with van der Waals surface area (Å²) < 4.78 is 5.09. The van der Waals surface area contributed by atoms with Gasteiger partial charge in [0.15, 0.2) is 5.78 Å². The van der Waals surface area contributed by atoms with Gasteiger partial charge < -0.3 is 20.6 Å². The molecule has 0 spiro atoms. The molecule has 6 heteroatoms. The molecule has 0 unspecified atom stereocenters. The van der Waals surface area contributed by atoms with Crippen LogP contribution in [0.15, 0.2) is 30.5 Å². The zero-order valence-electron chi connectivity index (χ0n) is 10.1. The van der Waals surface area contributed by atoms with Gasteiger partial charge in [-0.25, -0.2) is 4.79 Å². The van der Waals surface area contributed by atoms with E-state index >= 15 is 0 Å². The lowest BCUT2D eigenvalue weighted by atomic mass is 10.0. The predicted octanol–water partition coefficient (Wildman–Crippen LogP) is 1.53. The van der Waals surface area contributed by atoms with Crippen LogP contribution in [0.2, 0.25) is 0 Å². The number of hydrogen-bond donors (Lipinski definition) is 3. The number of carboxylic acid groups (broad SMARTS) is 1. The Morgan fingerprint density at radius 3 is 2.63 bits per heavy atom. The van der Waals surface area contributed by atoms with Crippen molar-refractivity contribution in [2.24, 2.45) is 0 Å². The van der Waals surface area contributed by atoms with Gasteiger partial charge in [0.25, 0.3) is 0 Å². The van der Waals surface area contributed by atoms with Crippen LogP contribution in [0.1, 0.15) is 26.4 Å². The standard InChI is InChI=1S/C13H12N2O4/c1-19-11-3-2-8(14)5-9(11)12(16)7-4-10(13(17)18)15-6-7/h2-6,15H,14H2,1H3,(H,17,18). The van der Waals surface area contributed by atoms with Gasteiger partial charge in [0.1, 0.15) is 11.4 Å². The predicted molar refractivity (Wildman–Crippen MR) is 68.6 cm³/mol. The van der Waals surface area contributed by atoms with Crippen LogP contribution in [0.3, 0.4) is 0 Å². The molecule has 2 rings (SSSR count). The molecule has 0 radical (unpaired) electrons. The van der Waals surface area contributed by atoms with Crippen LogP contribution in [-0.4, -0.2) is 29.0 Å². The van der Waals surface area contributed by atoms with Crippen molar-refractivity contribution in [3.8, 4) is 5.75 Å². The molecule has 0 aliphatic rings. The number of methoxy groups -OCH3 is 1. The van der Waals surface area contributed by atoms with Gasteiger partial charge in [-0.1, -0.05) is 0 Å². The van der Waals surface area contributed by atoms with Crippen molar-refractivity contribution >= 4 is 17.4 Å². The number of aromatic amines is 1. The minimum absolute atomic E-state index is 0.0498. The third-order valence-corrected chi connectivity index (χ3v) is 2.64. The monoisotopic (exact) mass is 260 g/mol. The van der Waals surface area contributed by atoms with E-state index in [1.54, 1.807) is 12.1 Å². The van der Waals surface area contributed by atoms with E-state index in [0.29, 0.717) is 17.0 Å². The Hall–Kier alpha value is -2.76. The van der Waals surface area contributed by atoms with Crippen LogP contribution in [0.25, 0.3) is 0 Å². The van der Waals surface area contributed by atoms with Crippen molar-refractivity contribution in [2.45, 2.75) is 0 Å². The minimum atomic E-state index is -1.13. The summed E-state index contributed by atoms with van der Waals surface area (Å²) in [6.45, 7) is 0. The molecule has 0 saturated carbocycles. The van der Waals surface area contributed by atoms with Crippen molar-refractivity contribution in [1.82, 2.24) is 4.98 Å². The van der Waals surface area contributed by atoms with Crippen molar-refractivity contribution in [3.63, 3.8) is 0 Å². The Balaban J connectivity index is 2.43. The van der Waals surface area contributed by atoms with E-state index in [-0.39, 0.29) is 17.0 Å². The summed E-state index contributed by atoms with van der Waals surface area (Å²) in [4.78, 5) is 25.5. The highest BCUT2D eigenvalue weighted by atomic mass is 16.5. The fourth-order valence-corrected chi connectivity index (χ4v) is 1.71. The van der Waals surface area contributed by atoms with Crippen LogP contribution in [-0.2, 0) is 0 Å². The summed E-state index contributed by atoms with van der Waals surface area (Å²) in [6.07, 6.45) is 1.34. The highest BCUT2D eigenvalue weighted by Gasteiger charge is 2.17. The maximum absolute atomic E-state index is 12.3. The smallest absolute Gasteiger partial charge is 0.352 e. The first-order valence-corrected chi connectivity index (χ1v) is 5.43. The molecule has 0 atom stereocenters. The number of hydrogen-bond acceptors (Lipinski definition) is 4. The first-order valence-electron chi connectivity index (χ1n) is 5.43. The highest BCUT2D eigenvalue weighted by Crippen LogP contribution is 2.24. The summed E-state index contributed by atoms with van der Waals surface area (Å²) in [5, 5.41) is 8.81. The third kappa shape index (κ3) is 2.42. The van der Waals surface area contributed by atoms with Crippen LogP contribution in [0.5, 0.6) is 5.75 Å². The number of aromatic carboxylic acids is 1. The van der Waals surface area contributed by atoms with Crippen molar-refractivity contribution in [2.75, 3.05) is 12.8 Å². The minimum Gasteiger partial charge on any atom is -0.496 e. The summed E-state index contributed by atoms with van der Waals surface area (Å²) in [7, 11) is 1.45. The van der Waals surface area contributed by atoms with Crippen LogP contribution in [0.4, 0.5) is 5.69 Å². The topological polar surface area (TPSA) is 105 Å². The molecule has 0 saturated heterocycles. The number of benzene rings is 1. The van der Waals surface area contributed by atoms with E-state index in [1.165, 1.54) is 25.4 Å². The quantitative estimate of drug-likeness (QED) is 0.571. The Morgan fingerprint density at radius 2 is 2.05 bits per heavy atom. The zero-order chi connectivity index (χ0) is 14.0. The second kappa shape index (κ2) is 4.85. The van der Waals surface area contributed by atoms with Gasteiger partial charge in [-0.15, -0.1) is 0 Å². The average molecular weight is 260 g/mol. The van der Waals surface area contributed by atoms with Gasteiger partial charge in [0.2, 0.25) is 0 Å². The molecule has 1 aromatic carbocycles. The van der Waals surface area contributed by atoms with Gasteiger partial charge in [-0.05, 0) is 24.3 Å². The van der Waals surface area contributed by atoms with Crippen molar-refractivity contribution in [3.05, 3.63) is 47.3 Å². The molecule has 0 bridgehead atoms. The van der Waals surface area contributed by atoms with Crippen molar-refractivity contribution in [1.29, 1.82) is 0 Å². The summed E-state index contributed by atoms with van der Waals surface area (Å²) in [5.74, 6) is -1.09. The van der Waals surface area contributed by atoms with E-state index in [1.807, 2.05) is 0 Å². The normalized spacial score (nSPS) is 10.2. The number of nitrogens with two attached hydrogens (primary N) is 1. The number of aromatic nitrogens is 1. The summed E-state index contributed by atoms with van der Waals surface area (Å²) in [6, 6.07) is 5.98. The number of nitrogen functional groups attached to an aromatic ring is 1. The second-order valence-electron chi connectivity index (χ2n) is 3.90. The summed E-state index contributed by atoms with van der Waals surface area (Å²) >= 11 is 0. The molecule has 98 valence electrons. The molecule has 1 heterocycles. The fourth-order valence-electron chi connectivity index (χ4n) is 1.71. The molecule has 6 nitrogen and oxygen atoms in total. The van der Waals surface area contributed by atoms with Gasteiger partial charge >= 0.3 is 5.97 Å². The lowest BCUT2D eigenvalue weighted by Gasteiger charge is -2.07. The maximum atomic E-state index is 12.3. The van der Waals surface area contributed by atoms with Gasteiger partial charge in [0.05, 0.1) is 12.7 Å². The lowest BCUT2D eigenvalue weighted by molar-refractivity contribution is 0.0691. The number of H-pyrrole nitrogens is 1. The van der Waals surface area contributed by atoms with Gasteiger partial charge in [-0.2, -0.15) is 0 Å². The average Bonchev–Trinajstić information content (AvgIpc) is 2.87. The molecule has 0 aliphatic carbocycles. The molecule has 4 N–H and O–H groups in total. The Labute approximate surface area is 108 Å². The van der Waals surface area contributed by atoms with Gasteiger partial charge in [0, 0.05) is 17.4 Å². The number of carbonyl (C=O) groups excluding carboxylic acids is 1. The van der Waals surface area contributed by atoms with E-state index in [2.05, 4.69) is 4.98 Å². The molecule has 2 aromatic rings. The van der Waals surface area contributed by atoms with Gasteiger partial charge in [-0.3, -0.25) is 4.79 Å². The van der Waals surface area contributed by atoms with Crippen LogP contribution >= 0.6 is 0 Å². The third-order valence-electron chi connectivity index (χ3n) is 2.64.